The van der Waals surface area contributed by atoms with Crippen LogP contribution in [0.2, 0.25) is 0 Å². The molecule has 0 aliphatic carbocycles. The summed E-state index contributed by atoms with van der Waals surface area (Å²) in [6.45, 7) is 0.487. The Hall–Kier alpha value is -2.84. The second kappa shape index (κ2) is 7.82. The van der Waals surface area contributed by atoms with Gasteiger partial charge in [-0.1, -0.05) is 46.3 Å². The van der Waals surface area contributed by atoms with Gasteiger partial charge in [-0.05, 0) is 36.3 Å². The Morgan fingerprint density at radius 2 is 2.04 bits per heavy atom. The number of aromatic amines is 1. The molecule has 0 aliphatic rings. The fourth-order valence-corrected chi connectivity index (χ4v) is 2.96. The number of halogens is 1. The van der Waals surface area contributed by atoms with Crippen molar-refractivity contribution in [3.8, 4) is 6.07 Å². The monoisotopic (exact) mass is 393 g/mol. The van der Waals surface area contributed by atoms with Gasteiger partial charge in [0.15, 0.2) is 0 Å². The zero-order valence-corrected chi connectivity index (χ0v) is 15.0. The van der Waals surface area contributed by atoms with Crippen molar-refractivity contribution >= 4 is 38.8 Å². The number of nitrogens with one attached hydrogen (secondary N) is 2. The molecule has 5 heteroatoms. The number of hydrogen-bond donors (Lipinski definition) is 2. The van der Waals surface area contributed by atoms with Gasteiger partial charge in [0.25, 0.3) is 5.91 Å². The highest BCUT2D eigenvalue weighted by atomic mass is 79.9. The maximum absolute atomic E-state index is 12.3. The average molecular weight is 394 g/mol. The minimum absolute atomic E-state index is 0.0916. The summed E-state index contributed by atoms with van der Waals surface area (Å²) in [4.78, 5) is 15.4. The Balaban J connectivity index is 1.72. The third-order valence-electron chi connectivity index (χ3n) is 3.88. The minimum atomic E-state index is -0.359. The molecule has 3 rings (SSSR count). The Morgan fingerprint density at radius 3 is 2.80 bits per heavy atom. The standard InChI is InChI=1S/C20H16BrN3O/c21-17-6-7-19-18(11-17)16(13-24-19)10-15(12-22)20(25)23-9-8-14-4-2-1-3-5-14/h1-7,10-11,13,24H,8-9H2,(H,23,25). The first-order chi connectivity index (χ1) is 12.2. The molecular formula is C20H16BrN3O. The number of fused-ring (bicyclic) bond motifs is 1. The number of H-pyrrole nitrogens is 1. The molecule has 1 heterocycles. The van der Waals surface area contributed by atoms with Crippen LogP contribution in [0.1, 0.15) is 11.1 Å². The predicted molar refractivity (Wildman–Crippen MR) is 103 cm³/mol. The molecule has 0 atom stereocenters. The van der Waals surface area contributed by atoms with Crippen molar-refractivity contribution < 1.29 is 4.79 Å². The quantitative estimate of drug-likeness (QED) is 0.503. The number of nitriles is 1. The van der Waals surface area contributed by atoms with Gasteiger partial charge in [-0.3, -0.25) is 4.79 Å². The van der Waals surface area contributed by atoms with Gasteiger partial charge in [-0.25, -0.2) is 0 Å². The molecule has 0 unspecified atom stereocenters. The number of aromatic nitrogens is 1. The maximum atomic E-state index is 12.3. The fraction of sp³-hybridized carbons (Fsp3) is 0.100. The van der Waals surface area contributed by atoms with Gasteiger partial charge in [-0.15, -0.1) is 0 Å². The maximum Gasteiger partial charge on any atom is 0.261 e. The van der Waals surface area contributed by atoms with Crippen molar-refractivity contribution in [1.82, 2.24) is 10.3 Å². The van der Waals surface area contributed by atoms with E-state index in [1.54, 1.807) is 12.3 Å². The van der Waals surface area contributed by atoms with Gasteiger partial charge in [0.1, 0.15) is 11.6 Å². The van der Waals surface area contributed by atoms with Crippen LogP contribution in [0.3, 0.4) is 0 Å². The summed E-state index contributed by atoms with van der Waals surface area (Å²) in [5.41, 5.74) is 3.00. The molecule has 0 spiro atoms. The molecule has 0 aliphatic heterocycles. The second-order valence-electron chi connectivity index (χ2n) is 5.60. The average Bonchev–Trinajstić information content (AvgIpc) is 3.02. The molecule has 124 valence electrons. The lowest BCUT2D eigenvalue weighted by molar-refractivity contribution is -0.117. The highest BCUT2D eigenvalue weighted by molar-refractivity contribution is 9.10. The first kappa shape index (κ1) is 17.0. The summed E-state index contributed by atoms with van der Waals surface area (Å²) in [6, 6.07) is 17.7. The van der Waals surface area contributed by atoms with E-state index in [9.17, 15) is 10.1 Å². The molecule has 0 saturated carbocycles. The molecule has 0 fully saturated rings. The zero-order chi connectivity index (χ0) is 17.6. The van der Waals surface area contributed by atoms with E-state index >= 15 is 0 Å². The van der Waals surface area contributed by atoms with Crippen molar-refractivity contribution in [3.63, 3.8) is 0 Å². The van der Waals surface area contributed by atoms with Crippen LogP contribution in [-0.2, 0) is 11.2 Å². The van der Waals surface area contributed by atoms with Crippen molar-refractivity contribution in [2.24, 2.45) is 0 Å². The van der Waals surface area contributed by atoms with Gasteiger partial charge in [0.05, 0.1) is 0 Å². The molecule has 1 aromatic heterocycles. The lowest BCUT2D eigenvalue weighted by Crippen LogP contribution is -2.26. The third kappa shape index (κ3) is 4.17. The molecule has 3 aromatic rings. The highest BCUT2D eigenvalue weighted by Gasteiger charge is 2.10. The van der Waals surface area contributed by atoms with Crippen LogP contribution in [0, 0.1) is 11.3 Å². The molecular weight excluding hydrogens is 378 g/mol. The van der Waals surface area contributed by atoms with Crippen LogP contribution >= 0.6 is 15.9 Å². The lowest BCUT2D eigenvalue weighted by Gasteiger charge is -2.04. The van der Waals surface area contributed by atoms with Crippen molar-refractivity contribution in [2.45, 2.75) is 6.42 Å². The number of rotatable bonds is 5. The number of nitrogens with zero attached hydrogens (tertiary/aromatic N) is 1. The molecule has 25 heavy (non-hydrogen) atoms. The van der Waals surface area contributed by atoms with Gasteiger partial charge in [0, 0.05) is 33.7 Å². The van der Waals surface area contributed by atoms with Crippen LogP contribution in [0.4, 0.5) is 0 Å². The van der Waals surface area contributed by atoms with E-state index in [-0.39, 0.29) is 11.5 Å². The van der Waals surface area contributed by atoms with E-state index in [1.165, 1.54) is 0 Å². The van der Waals surface area contributed by atoms with Crippen LogP contribution in [0.15, 0.2) is 64.8 Å². The zero-order valence-electron chi connectivity index (χ0n) is 13.4. The molecule has 0 radical (unpaired) electrons. The number of benzene rings is 2. The summed E-state index contributed by atoms with van der Waals surface area (Å²) < 4.78 is 0.945. The van der Waals surface area contributed by atoms with Gasteiger partial charge >= 0.3 is 0 Å². The summed E-state index contributed by atoms with van der Waals surface area (Å²) in [5.74, 6) is -0.359. The Kier molecular flexibility index (Phi) is 5.32. The number of amides is 1. The van der Waals surface area contributed by atoms with E-state index in [4.69, 9.17) is 0 Å². The third-order valence-corrected chi connectivity index (χ3v) is 4.38. The fourth-order valence-electron chi connectivity index (χ4n) is 2.60. The van der Waals surface area contributed by atoms with Crippen LogP contribution in [0.25, 0.3) is 17.0 Å². The molecule has 0 bridgehead atoms. The normalized spacial score (nSPS) is 11.3. The molecule has 0 saturated heterocycles. The number of carbonyl (C=O) groups is 1. The first-order valence-corrected chi connectivity index (χ1v) is 8.67. The smallest absolute Gasteiger partial charge is 0.261 e. The molecule has 2 aromatic carbocycles. The summed E-state index contributed by atoms with van der Waals surface area (Å²) in [5, 5.41) is 13.1. The summed E-state index contributed by atoms with van der Waals surface area (Å²) >= 11 is 3.44. The molecule has 2 N–H and O–H groups in total. The second-order valence-corrected chi connectivity index (χ2v) is 6.51. The Labute approximate surface area is 154 Å². The van der Waals surface area contributed by atoms with Crippen LogP contribution < -0.4 is 5.32 Å². The van der Waals surface area contributed by atoms with E-state index in [1.807, 2.05) is 54.6 Å². The van der Waals surface area contributed by atoms with E-state index in [0.717, 1.165) is 32.9 Å². The molecule has 4 nitrogen and oxygen atoms in total. The largest absolute Gasteiger partial charge is 0.361 e. The van der Waals surface area contributed by atoms with Crippen LogP contribution in [-0.4, -0.2) is 17.4 Å². The lowest BCUT2D eigenvalue weighted by atomic mass is 10.1. The molecule has 1 amide bonds. The van der Waals surface area contributed by atoms with Crippen LogP contribution in [0.5, 0.6) is 0 Å². The summed E-state index contributed by atoms with van der Waals surface area (Å²) in [7, 11) is 0. The van der Waals surface area contributed by atoms with Gasteiger partial charge < -0.3 is 10.3 Å². The SMILES string of the molecule is N#CC(=Cc1c[nH]c2ccc(Br)cc12)C(=O)NCCc1ccccc1. The van der Waals surface area contributed by atoms with Crippen molar-refractivity contribution in [1.29, 1.82) is 5.26 Å². The predicted octanol–water partition coefficient (Wildman–Crippen LogP) is 4.20. The minimum Gasteiger partial charge on any atom is -0.361 e. The Morgan fingerprint density at radius 1 is 1.24 bits per heavy atom. The number of carbonyl (C=O) groups excluding carboxylic acids is 1. The van der Waals surface area contributed by atoms with Gasteiger partial charge in [-0.2, -0.15) is 5.26 Å². The van der Waals surface area contributed by atoms with E-state index in [0.29, 0.717) is 6.54 Å². The van der Waals surface area contributed by atoms with E-state index < -0.39 is 0 Å². The summed E-state index contributed by atoms with van der Waals surface area (Å²) in [6.07, 6.45) is 4.14. The van der Waals surface area contributed by atoms with Gasteiger partial charge in [0.2, 0.25) is 0 Å². The first-order valence-electron chi connectivity index (χ1n) is 7.88. The van der Waals surface area contributed by atoms with Crippen molar-refractivity contribution in [3.05, 3.63) is 75.9 Å². The van der Waals surface area contributed by atoms with Crippen molar-refractivity contribution in [2.75, 3.05) is 6.54 Å². The highest BCUT2D eigenvalue weighted by Crippen LogP contribution is 2.24. The topological polar surface area (TPSA) is 68.7 Å². The van der Waals surface area contributed by atoms with E-state index in [2.05, 4.69) is 26.2 Å². The Bertz CT molecular complexity index is 968. The number of hydrogen-bond acceptors (Lipinski definition) is 2.